The van der Waals surface area contributed by atoms with Crippen molar-refractivity contribution >= 4 is 0 Å². The standard InChI is InChI=1S/C2N2.5Na.5H/c3-1-2-4;;;;;;;;;;/q;5*+1;5*-1. The smallest absolute Gasteiger partial charge is 1.00 e. The van der Waals surface area contributed by atoms with Crippen molar-refractivity contribution in [3.63, 3.8) is 0 Å². The van der Waals surface area contributed by atoms with Crippen molar-refractivity contribution in [1.82, 2.24) is 0 Å². The van der Waals surface area contributed by atoms with E-state index in [1.807, 2.05) is 0 Å². The summed E-state index contributed by atoms with van der Waals surface area (Å²) in [5.41, 5.74) is 0. The van der Waals surface area contributed by atoms with E-state index < -0.39 is 0 Å². The predicted octanol–water partition coefficient (Wildman–Crippen LogP) is -14.4. The van der Waals surface area contributed by atoms with Crippen LogP contribution in [0.1, 0.15) is 7.13 Å². The molecule has 0 unspecified atom stereocenters. The first-order valence-corrected chi connectivity index (χ1v) is 0.697. The van der Waals surface area contributed by atoms with E-state index in [1.165, 1.54) is 12.1 Å². The quantitative estimate of drug-likeness (QED) is 0.340. The van der Waals surface area contributed by atoms with Gasteiger partial charge in [0, 0.05) is 0 Å². The Morgan fingerprint density at radius 3 is 0.778 bits per heavy atom. The fourth-order valence-electron chi connectivity index (χ4n) is 0. The van der Waals surface area contributed by atoms with E-state index in [4.69, 9.17) is 10.5 Å². The molecule has 0 heterocycles. The average molecular weight is 172 g/mol. The molecular formula is C2H5N2Na5. The Morgan fingerprint density at radius 2 is 0.778 bits per heavy atom. The Labute approximate surface area is 173 Å². The van der Waals surface area contributed by atoms with Crippen LogP contribution in [0.15, 0.2) is 0 Å². The molecule has 0 saturated heterocycles. The van der Waals surface area contributed by atoms with Crippen LogP contribution in [0, 0.1) is 22.7 Å². The third-order valence-electron chi connectivity index (χ3n) is 0.0500. The van der Waals surface area contributed by atoms with Gasteiger partial charge in [-0.3, -0.25) is 0 Å². The number of hydrogen-bond donors (Lipinski definition) is 0. The maximum Gasteiger partial charge on any atom is 1.00 e. The van der Waals surface area contributed by atoms with Gasteiger partial charge in [0.2, 0.25) is 0 Å². The molecule has 0 aliphatic heterocycles. The largest absolute Gasteiger partial charge is 1.00 e. The van der Waals surface area contributed by atoms with Crippen LogP contribution in [0.3, 0.4) is 0 Å². The van der Waals surface area contributed by atoms with Crippen molar-refractivity contribution in [2.45, 2.75) is 0 Å². The Balaban J connectivity index is -0.000000001000. The fraction of sp³-hybridized carbons (Fsp3) is 0. The summed E-state index contributed by atoms with van der Waals surface area (Å²) in [5.74, 6) is 0. The summed E-state index contributed by atoms with van der Waals surface area (Å²) in [7, 11) is 0. The van der Waals surface area contributed by atoms with Gasteiger partial charge in [-0.15, -0.1) is 0 Å². The Bertz CT molecular complexity index is 81.1. The van der Waals surface area contributed by atoms with Crippen molar-refractivity contribution in [2.24, 2.45) is 0 Å². The summed E-state index contributed by atoms with van der Waals surface area (Å²) in [5, 5.41) is 14.5. The monoisotopic (exact) mass is 172 g/mol. The van der Waals surface area contributed by atoms with Gasteiger partial charge in [-0.05, 0) is 0 Å². The number of rotatable bonds is 0. The molecule has 0 aliphatic rings. The maximum absolute atomic E-state index is 7.26. The minimum absolute atomic E-state index is 0. The zero-order chi connectivity index (χ0) is 3.41. The van der Waals surface area contributed by atoms with Gasteiger partial charge >= 0.3 is 148 Å². The van der Waals surface area contributed by atoms with E-state index in [9.17, 15) is 0 Å². The van der Waals surface area contributed by atoms with Gasteiger partial charge in [0.15, 0.2) is 12.1 Å². The topological polar surface area (TPSA) is 47.6 Å². The van der Waals surface area contributed by atoms with Crippen molar-refractivity contribution in [3.8, 4) is 12.1 Å². The van der Waals surface area contributed by atoms with E-state index in [0.29, 0.717) is 0 Å². The van der Waals surface area contributed by atoms with Crippen LogP contribution in [0.2, 0.25) is 0 Å². The van der Waals surface area contributed by atoms with Gasteiger partial charge < -0.3 is 7.13 Å². The van der Waals surface area contributed by atoms with E-state index in [1.54, 1.807) is 0 Å². The van der Waals surface area contributed by atoms with Crippen LogP contribution >= 0.6 is 0 Å². The van der Waals surface area contributed by atoms with Crippen LogP contribution in [0.25, 0.3) is 0 Å². The van der Waals surface area contributed by atoms with Gasteiger partial charge in [0.1, 0.15) is 0 Å². The fourth-order valence-corrected chi connectivity index (χ4v) is 0. The van der Waals surface area contributed by atoms with E-state index >= 15 is 0 Å². The normalized spacial score (nSPS) is 1.11. The molecule has 0 aliphatic carbocycles. The molecule has 0 atom stereocenters. The summed E-state index contributed by atoms with van der Waals surface area (Å²) in [4.78, 5) is 0. The molecule has 0 bridgehead atoms. The molecule has 2 nitrogen and oxygen atoms in total. The summed E-state index contributed by atoms with van der Waals surface area (Å²) in [6.07, 6.45) is 0. The minimum Gasteiger partial charge on any atom is -1.00 e. The average Bonchev–Trinajstić information content (AvgIpc) is 1.37. The molecule has 0 N–H and O–H groups in total. The van der Waals surface area contributed by atoms with E-state index in [-0.39, 0.29) is 155 Å². The Morgan fingerprint density at radius 1 is 0.667 bits per heavy atom. The second-order valence-corrected chi connectivity index (χ2v) is 0.224. The Kier molecular flexibility index (Phi) is 172. The molecule has 28 valence electrons. The first kappa shape index (κ1) is 38.2. The third kappa shape index (κ3) is 48.1. The molecule has 0 fully saturated rings. The van der Waals surface area contributed by atoms with Crippen molar-refractivity contribution in [2.75, 3.05) is 0 Å². The zero-order valence-corrected chi connectivity index (χ0v) is 16.9. The van der Waals surface area contributed by atoms with Crippen LogP contribution in [0.5, 0.6) is 0 Å². The molecule has 9 heavy (non-hydrogen) atoms. The molecular weight excluding hydrogens is 167 g/mol. The molecule has 0 amide bonds. The van der Waals surface area contributed by atoms with Crippen molar-refractivity contribution in [1.29, 1.82) is 10.5 Å². The summed E-state index contributed by atoms with van der Waals surface area (Å²) >= 11 is 0. The van der Waals surface area contributed by atoms with Crippen LogP contribution in [0.4, 0.5) is 0 Å². The SMILES string of the molecule is N#CC#N.[H-].[H-].[H-].[H-].[H-].[Na+].[Na+].[Na+].[Na+].[Na+]. The van der Waals surface area contributed by atoms with Crippen LogP contribution in [-0.2, 0) is 0 Å². The molecule has 0 rings (SSSR count). The Hall–Kier alpha value is 3.98. The van der Waals surface area contributed by atoms with Gasteiger partial charge in [-0.1, -0.05) is 0 Å². The summed E-state index contributed by atoms with van der Waals surface area (Å²) < 4.78 is 0. The maximum atomic E-state index is 7.26. The van der Waals surface area contributed by atoms with Crippen molar-refractivity contribution < 1.29 is 155 Å². The second-order valence-electron chi connectivity index (χ2n) is 0.224. The second kappa shape index (κ2) is 40.4. The molecule has 0 spiro atoms. The molecule has 0 aromatic heterocycles. The van der Waals surface area contributed by atoms with E-state index in [2.05, 4.69) is 0 Å². The van der Waals surface area contributed by atoms with Gasteiger partial charge in [-0.2, -0.15) is 10.5 Å². The van der Waals surface area contributed by atoms with Crippen LogP contribution in [-0.4, -0.2) is 0 Å². The van der Waals surface area contributed by atoms with Crippen molar-refractivity contribution in [3.05, 3.63) is 0 Å². The summed E-state index contributed by atoms with van der Waals surface area (Å²) in [6, 6.07) is 2.47. The molecule has 0 aromatic rings. The number of nitrogens with zero attached hydrogens (tertiary/aromatic N) is 2. The number of nitriles is 2. The minimum atomic E-state index is 0. The predicted molar refractivity (Wildman–Crippen MR) is 16.8 cm³/mol. The van der Waals surface area contributed by atoms with Crippen LogP contribution < -0.4 is 148 Å². The molecule has 0 radical (unpaired) electrons. The third-order valence-corrected chi connectivity index (χ3v) is 0.0500. The zero-order valence-electron chi connectivity index (χ0n) is 11.9. The molecule has 7 heteroatoms. The van der Waals surface area contributed by atoms with Gasteiger partial charge in [-0.25, -0.2) is 0 Å². The van der Waals surface area contributed by atoms with Gasteiger partial charge in [0.05, 0.1) is 0 Å². The molecule has 0 aromatic carbocycles. The first-order chi connectivity index (χ1) is 1.91. The summed E-state index contributed by atoms with van der Waals surface area (Å²) in [6.45, 7) is 0. The number of hydrogen-bond acceptors (Lipinski definition) is 2. The molecule has 0 saturated carbocycles. The van der Waals surface area contributed by atoms with E-state index in [0.717, 1.165) is 0 Å². The van der Waals surface area contributed by atoms with Gasteiger partial charge in [0.25, 0.3) is 0 Å². The first-order valence-electron chi connectivity index (χ1n) is 0.697.